The fourth-order valence-electron chi connectivity index (χ4n) is 1.97. The van der Waals surface area contributed by atoms with Gasteiger partial charge in [0.05, 0.1) is 12.1 Å². The second-order valence-corrected chi connectivity index (χ2v) is 6.04. The van der Waals surface area contributed by atoms with Crippen LogP contribution in [0.5, 0.6) is 0 Å². The third kappa shape index (κ3) is 7.94. The lowest BCUT2D eigenvalue weighted by atomic mass is 9.98. The van der Waals surface area contributed by atoms with Gasteiger partial charge in [0.1, 0.15) is 12.1 Å². The summed E-state index contributed by atoms with van der Waals surface area (Å²) in [6.45, 7) is 4.90. The summed E-state index contributed by atoms with van der Waals surface area (Å²) in [7, 11) is 0. The quantitative estimate of drug-likeness (QED) is 0.247. The number of carbonyl (C=O) groups is 4. The standard InChI is InChI=1S/C15H28N4O6/c1-4-7(2)11(17)13(22)19-12(8(3)20)14(23)18-9(15(24)25)5-6-10(16)21/h7-9,11-12,20H,4-6,17H2,1-3H3,(H2,16,21)(H,18,23)(H,19,22)(H,24,25). The molecule has 0 aliphatic rings. The highest BCUT2D eigenvalue weighted by Crippen LogP contribution is 2.07. The van der Waals surface area contributed by atoms with Gasteiger partial charge in [0.15, 0.2) is 0 Å². The molecule has 0 aromatic rings. The summed E-state index contributed by atoms with van der Waals surface area (Å²) in [6.07, 6.45) is -1.07. The molecule has 25 heavy (non-hydrogen) atoms. The van der Waals surface area contributed by atoms with E-state index in [0.29, 0.717) is 6.42 Å². The number of aliphatic hydroxyl groups is 1. The van der Waals surface area contributed by atoms with E-state index < -0.39 is 47.9 Å². The highest BCUT2D eigenvalue weighted by Gasteiger charge is 2.31. The normalized spacial score (nSPS) is 16.8. The number of aliphatic hydroxyl groups excluding tert-OH is 1. The van der Waals surface area contributed by atoms with Crippen LogP contribution in [-0.2, 0) is 19.2 Å². The highest BCUT2D eigenvalue weighted by molar-refractivity contribution is 5.92. The third-order valence-electron chi connectivity index (χ3n) is 3.92. The van der Waals surface area contributed by atoms with Gasteiger partial charge < -0.3 is 32.3 Å². The molecule has 10 nitrogen and oxygen atoms in total. The number of carboxylic acids is 1. The summed E-state index contributed by atoms with van der Waals surface area (Å²) in [6, 6.07) is -3.62. The summed E-state index contributed by atoms with van der Waals surface area (Å²) in [5, 5.41) is 23.3. The van der Waals surface area contributed by atoms with Crippen molar-refractivity contribution in [3.8, 4) is 0 Å². The summed E-state index contributed by atoms with van der Waals surface area (Å²) in [5.74, 6) is -3.72. The van der Waals surface area contributed by atoms with E-state index in [1.807, 2.05) is 6.92 Å². The van der Waals surface area contributed by atoms with Crippen LogP contribution in [0.2, 0.25) is 0 Å². The SMILES string of the molecule is CCC(C)C(N)C(=O)NC(C(=O)NC(CCC(N)=O)C(=O)O)C(C)O. The first-order valence-electron chi connectivity index (χ1n) is 8.06. The fourth-order valence-corrected chi connectivity index (χ4v) is 1.97. The number of primary amides is 1. The second-order valence-electron chi connectivity index (χ2n) is 6.04. The first-order valence-corrected chi connectivity index (χ1v) is 8.06. The van der Waals surface area contributed by atoms with Crippen molar-refractivity contribution in [2.75, 3.05) is 0 Å². The molecule has 3 amide bonds. The van der Waals surface area contributed by atoms with Crippen molar-refractivity contribution < 1.29 is 29.4 Å². The number of amides is 3. The predicted molar refractivity (Wildman–Crippen MR) is 89.0 cm³/mol. The van der Waals surface area contributed by atoms with E-state index in [-0.39, 0.29) is 18.8 Å². The Morgan fingerprint density at radius 1 is 1.08 bits per heavy atom. The predicted octanol–water partition coefficient (Wildman–Crippen LogP) is -1.94. The zero-order valence-electron chi connectivity index (χ0n) is 14.7. The molecule has 144 valence electrons. The smallest absolute Gasteiger partial charge is 0.326 e. The van der Waals surface area contributed by atoms with Crippen molar-refractivity contribution in [2.45, 2.75) is 64.3 Å². The Hall–Kier alpha value is -2.20. The maximum atomic E-state index is 12.2. The van der Waals surface area contributed by atoms with Crippen LogP contribution in [0, 0.1) is 5.92 Å². The molecule has 0 fully saturated rings. The van der Waals surface area contributed by atoms with Gasteiger partial charge in [0.25, 0.3) is 0 Å². The molecule has 0 radical (unpaired) electrons. The maximum absolute atomic E-state index is 12.2. The second kappa shape index (κ2) is 10.6. The number of carboxylic acid groups (broad SMARTS) is 1. The van der Waals surface area contributed by atoms with Gasteiger partial charge in [-0.25, -0.2) is 4.79 Å². The van der Waals surface area contributed by atoms with Crippen molar-refractivity contribution >= 4 is 23.7 Å². The van der Waals surface area contributed by atoms with Crippen molar-refractivity contribution in [1.29, 1.82) is 0 Å². The number of rotatable bonds is 11. The van der Waals surface area contributed by atoms with Crippen molar-refractivity contribution in [1.82, 2.24) is 10.6 Å². The summed E-state index contributed by atoms with van der Waals surface area (Å²) >= 11 is 0. The van der Waals surface area contributed by atoms with Crippen LogP contribution in [0.1, 0.15) is 40.0 Å². The molecule has 0 aromatic carbocycles. The number of nitrogens with two attached hydrogens (primary N) is 2. The number of hydrogen-bond acceptors (Lipinski definition) is 6. The molecule has 0 rings (SSSR count). The Morgan fingerprint density at radius 2 is 1.64 bits per heavy atom. The molecule has 8 N–H and O–H groups in total. The molecule has 5 atom stereocenters. The van der Waals surface area contributed by atoms with Gasteiger partial charge in [0.2, 0.25) is 17.7 Å². The summed E-state index contributed by atoms with van der Waals surface area (Å²) < 4.78 is 0. The first-order chi connectivity index (χ1) is 11.5. The lowest BCUT2D eigenvalue weighted by Gasteiger charge is -2.26. The highest BCUT2D eigenvalue weighted by atomic mass is 16.4. The molecular formula is C15H28N4O6. The molecule has 0 saturated heterocycles. The van der Waals surface area contributed by atoms with Gasteiger partial charge in [-0.2, -0.15) is 0 Å². The Kier molecular flexibility index (Phi) is 9.69. The van der Waals surface area contributed by atoms with E-state index in [0.717, 1.165) is 0 Å². The number of nitrogens with one attached hydrogen (secondary N) is 2. The van der Waals surface area contributed by atoms with Crippen LogP contribution < -0.4 is 22.1 Å². The van der Waals surface area contributed by atoms with E-state index in [2.05, 4.69) is 10.6 Å². The van der Waals surface area contributed by atoms with Crippen LogP contribution in [0.3, 0.4) is 0 Å². The van der Waals surface area contributed by atoms with Crippen molar-refractivity contribution in [3.63, 3.8) is 0 Å². The minimum Gasteiger partial charge on any atom is -0.480 e. The summed E-state index contributed by atoms with van der Waals surface area (Å²) in [4.78, 5) is 46.3. The summed E-state index contributed by atoms with van der Waals surface area (Å²) in [5.41, 5.74) is 10.7. The maximum Gasteiger partial charge on any atom is 0.326 e. The molecule has 0 aliphatic heterocycles. The van der Waals surface area contributed by atoms with Crippen LogP contribution in [0.25, 0.3) is 0 Å². The number of carbonyl (C=O) groups excluding carboxylic acids is 3. The average Bonchev–Trinajstić information content (AvgIpc) is 2.53. The zero-order valence-corrected chi connectivity index (χ0v) is 14.7. The Bertz CT molecular complexity index is 496. The minimum absolute atomic E-state index is 0.139. The largest absolute Gasteiger partial charge is 0.480 e. The molecule has 0 spiro atoms. The Labute approximate surface area is 146 Å². The topological polar surface area (TPSA) is 185 Å². The third-order valence-corrected chi connectivity index (χ3v) is 3.92. The van der Waals surface area contributed by atoms with Crippen LogP contribution in [0.4, 0.5) is 0 Å². The lowest BCUT2D eigenvalue weighted by molar-refractivity contribution is -0.143. The van der Waals surface area contributed by atoms with Gasteiger partial charge in [-0.3, -0.25) is 14.4 Å². The fraction of sp³-hybridized carbons (Fsp3) is 0.733. The van der Waals surface area contributed by atoms with Crippen LogP contribution in [-0.4, -0.2) is 58.1 Å². The monoisotopic (exact) mass is 360 g/mol. The van der Waals surface area contributed by atoms with Gasteiger partial charge >= 0.3 is 5.97 Å². The molecule has 0 saturated carbocycles. The molecule has 10 heteroatoms. The molecule has 0 heterocycles. The average molecular weight is 360 g/mol. The van der Waals surface area contributed by atoms with Crippen molar-refractivity contribution in [2.24, 2.45) is 17.4 Å². The van der Waals surface area contributed by atoms with E-state index in [4.69, 9.17) is 16.6 Å². The van der Waals surface area contributed by atoms with Gasteiger partial charge in [-0.05, 0) is 19.3 Å². The van der Waals surface area contributed by atoms with Crippen molar-refractivity contribution in [3.05, 3.63) is 0 Å². The van der Waals surface area contributed by atoms with E-state index in [1.165, 1.54) is 6.92 Å². The Balaban J connectivity index is 5.00. The Morgan fingerprint density at radius 3 is 2.04 bits per heavy atom. The van der Waals surface area contributed by atoms with Gasteiger partial charge in [-0.15, -0.1) is 0 Å². The molecule has 0 aliphatic carbocycles. The number of hydrogen-bond donors (Lipinski definition) is 6. The first kappa shape index (κ1) is 22.8. The number of aliphatic carboxylic acids is 1. The minimum atomic E-state index is -1.38. The van der Waals surface area contributed by atoms with Crippen LogP contribution in [0.15, 0.2) is 0 Å². The zero-order chi connectivity index (χ0) is 19.7. The molecule has 0 aromatic heterocycles. The lowest BCUT2D eigenvalue weighted by Crippen LogP contribution is -2.58. The van der Waals surface area contributed by atoms with E-state index in [9.17, 15) is 24.3 Å². The van der Waals surface area contributed by atoms with E-state index in [1.54, 1.807) is 6.92 Å². The van der Waals surface area contributed by atoms with E-state index >= 15 is 0 Å². The van der Waals surface area contributed by atoms with Gasteiger partial charge in [-0.1, -0.05) is 20.3 Å². The molecule has 5 unspecified atom stereocenters. The van der Waals surface area contributed by atoms with Crippen LogP contribution >= 0.6 is 0 Å². The molecular weight excluding hydrogens is 332 g/mol. The molecule has 0 bridgehead atoms. The van der Waals surface area contributed by atoms with Gasteiger partial charge in [0, 0.05) is 6.42 Å².